The van der Waals surface area contributed by atoms with E-state index in [0.717, 1.165) is 17.6 Å². The van der Waals surface area contributed by atoms with E-state index in [1.165, 1.54) is 11.3 Å². The van der Waals surface area contributed by atoms with E-state index in [1.807, 2.05) is 11.4 Å². The third-order valence-electron chi connectivity index (χ3n) is 6.22. The van der Waals surface area contributed by atoms with Crippen LogP contribution in [0.1, 0.15) is 36.7 Å². The van der Waals surface area contributed by atoms with Gasteiger partial charge in [0.05, 0.1) is 30.6 Å². The second-order valence-electron chi connectivity index (χ2n) is 8.23. The van der Waals surface area contributed by atoms with Crippen LogP contribution >= 0.6 is 11.3 Å². The van der Waals surface area contributed by atoms with Crippen LogP contribution in [0.15, 0.2) is 41.4 Å². The second-order valence-corrected chi connectivity index (χ2v) is 8.95. The zero-order chi connectivity index (χ0) is 23.2. The van der Waals surface area contributed by atoms with Crippen LogP contribution in [0.4, 0.5) is 4.39 Å². The molecule has 8 heteroatoms. The van der Waals surface area contributed by atoms with Crippen LogP contribution in [-0.4, -0.2) is 52.7 Å². The van der Waals surface area contributed by atoms with Crippen molar-refractivity contribution in [3.63, 3.8) is 0 Å². The molecule has 1 saturated heterocycles. The predicted molar refractivity (Wildman–Crippen MR) is 126 cm³/mol. The summed E-state index contributed by atoms with van der Waals surface area (Å²) in [5.74, 6) is 5.32. The molecule has 0 radical (unpaired) electrons. The molecule has 0 spiro atoms. The Balaban J connectivity index is 1.38. The van der Waals surface area contributed by atoms with Gasteiger partial charge in [0.2, 0.25) is 0 Å². The smallest absolute Gasteiger partial charge is 0.308 e. The number of hydrogen-bond acceptors (Lipinski definition) is 6. The molecule has 1 aliphatic rings. The topological polar surface area (TPSA) is 75.5 Å². The molecule has 172 valence electrons. The van der Waals surface area contributed by atoms with E-state index in [4.69, 9.17) is 4.74 Å². The highest BCUT2D eigenvalue weighted by molar-refractivity contribution is 7.07. The van der Waals surface area contributed by atoms with Gasteiger partial charge in [-0.2, -0.15) is 0 Å². The molecule has 2 aromatic heterocycles. The van der Waals surface area contributed by atoms with E-state index >= 15 is 4.39 Å². The Bertz CT molecular complexity index is 1160. The van der Waals surface area contributed by atoms with Crippen molar-refractivity contribution < 1.29 is 19.0 Å². The Kier molecular flexibility index (Phi) is 7.53. The third-order valence-corrected chi connectivity index (χ3v) is 6.81. The number of rotatable bonds is 7. The van der Waals surface area contributed by atoms with Gasteiger partial charge in [0.25, 0.3) is 0 Å². The van der Waals surface area contributed by atoms with Crippen molar-refractivity contribution in [3.05, 3.63) is 52.6 Å². The predicted octanol–water partition coefficient (Wildman–Crippen LogP) is 4.57. The molecule has 1 fully saturated rings. The molecule has 3 aromatic rings. The molecule has 6 nitrogen and oxygen atoms in total. The minimum atomic E-state index is -1.20. The number of aromatic nitrogens is 2. The number of carbonyl (C=O) groups is 1. The number of nitrogens with zero attached hydrogens (tertiary/aromatic N) is 3. The SMILES string of the molecule is COc1ccc2nccc([C@H](F)CC[C@@H]3CCN(CC#Cc4cscn4)C[C@@H]3C(=O)O)c2c1. The molecular formula is C25H26FN3O3S. The normalized spacial score (nSPS) is 19.6. The Morgan fingerprint density at radius 1 is 1.39 bits per heavy atom. The summed E-state index contributed by atoms with van der Waals surface area (Å²) in [6.07, 6.45) is 1.92. The number of alkyl halides is 1. The van der Waals surface area contributed by atoms with Gasteiger partial charge >= 0.3 is 5.97 Å². The largest absolute Gasteiger partial charge is 0.497 e. The average molecular weight is 468 g/mol. The lowest BCUT2D eigenvalue weighted by Crippen LogP contribution is -2.44. The Morgan fingerprint density at radius 2 is 2.27 bits per heavy atom. The van der Waals surface area contributed by atoms with Crippen molar-refractivity contribution in [1.82, 2.24) is 14.9 Å². The van der Waals surface area contributed by atoms with Gasteiger partial charge in [-0.05, 0) is 67.5 Å². The lowest BCUT2D eigenvalue weighted by Gasteiger charge is -2.35. The van der Waals surface area contributed by atoms with Gasteiger partial charge in [0.15, 0.2) is 0 Å². The Hall–Kier alpha value is -3.02. The summed E-state index contributed by atoms with van der Waals surface area (Å²) < 4.78 is 20.6. The van der Waals surface area contributed by atoms with Crippen LogP contribution in [0, 0.1) is 23.7 Å². The molecule has 1 aliphatic heterocycles. The maximum Gasteiger partial charge on any atom is 0.308 e. The van der Waals surface area contributed by atoms with E-state index in [1.54, 1.807) is 37.0 Å². The maximum absolute atomic E-state index is 15.3. The highest BCUT2D eigenvalue weighted by atomic mass is 32.1. The van der Waals surface area contributed by atoms with Crippen LogP contribution in [0.25, 0.3) is 10.9 Å². The monoisotopic (exact) mass is 467 g/mol. The number of hydrogen-bond donors (Lipinski definition) is 1. The number of likely N-dealkylation sites (tertiary alicyclic amines) is 1. The summed E-state index contributed by atoms with van der Waals surface area (Å²) in [5.41, 5.74) is 3.76. The fraction of sp³-hybridized carbons (Fsp3) is 0.400. The summed E-state index contributed by atoms with van der Waals surface area (Å²) in [4.78, 5) is 22.5. The molecule has 0 unspecified atom stereocenters. The van der Waals surface area contributed by atoms with Gasteiger partial charge in [-0.3, -0.25) is 14.7 Å². The molecule has 4 rings (SSSR count). The first-order valence-electron chi connectivity index (χ1n) is 10.9. The summed E-state index contributed by atoms with van der Waals surface area (Å²) in [7, 11) is 1.58. The third kappa shape index (κ3) is 5.67. The van der Waals surface area contributed by atoms with Crippen molar-refractivity contribution >= 4 is 28.2 Å². The maximum atomic E-state index is 15.3. The second kappa shape index (κ2) is 10.7. The number of piperidine rings is 1. The van der Waals surface area contributed by atoms with E-state index in [0.29, 0.717) is 42.8 Å². The van der Waals surface area contributed by atoms with Gasteiger partial charge in [-0.15, -0.1) is 11.3 Å². The molecular weight excluding hydrogens is 441 g/mol. The van der Waals surface area contributed by atoms with Gasteiger partial charge in [-0.25, -0.2) is 9.37 Å². The standard InChI is InChI=1S/C25H26FN3O3S/c1-32-19-5-7-24-21(13-19)20(8-10-27-24)23(26)6-4-17-9-12-29(14-22(17)25(30)31)11-2-3-18-15-33-16-28-18/h5,7-8,10,13,15-17,22-23H,4,6,9,11-12,14H2,1H3,(H,30,31)/t17-,22+,23-/m1/s1. The van der Waals surface area contributed by atoms with E-state index in [2.05, 4.69) is 26.7 Å². The van der Waals surface area contributed by atoms with E-state index < -0.39 is 18.1 Å². The number of carboxylic acids is 1. The fourth-order valence-corrected chi connectivity index (χ4v) is 4.90. The Labute approximate surface area is 196 Å². The zero-order valence-corrected chi connectivity index (χ0v) is 19.2. The molecule has 3 heterocycles. The fourth-order valence-electron chi connectivity index (χ4n) is 4.42. The molecule has 0 bridgehead atoms. The summed E-state index contributed by atoms with van der Waals surface area (Å²) in [5, 5.41) is 12.4. The number of ether oxygens (including phenoxy) is 1. The minimum absolute atomic E-state index is 0.0638. The molecule has 1 aromatic carbocycles. The highest BCUT2D eigenvalue weighted by Crippen LogP contribution is 2.35. The number of carboxylic acid groups (broad SMARTS) is 1. The molecule has 0 saturated carbocycles. The first kappa shape index (κ1) is 23.1. The highest BCUT2D eigenvalue weighted by Gasteiger charge is 2.34. The number of halogens is 1. The number of methoxy groups -OCH3 is 1. The number of pyridine rings is 1. The summed E-state index contributed by atoms with van der Waals surface area (Å²) >= 11 is 1.49. The first-order chi connectivity index (χ1) is 16.0. The summed E-state index contributed by atoms with van der Waals surface area (Å²) in [6.45, 7) is 1.69. The molecule has 1 N–H and O–H groups in total. The number of fused-ring (bicyclic) bond motifs is 1. The van der Waals surface area contributed by atoms with Crippen molar-refractivity contribution in [2.45, 2.75) is 25.4 Å². The average Bonchev–Trinajstić information content (AvgIpc) is 3.35. The zero-order valence-electron chi connectivity index (χ0n) is 18.4. The molecule has 0 aliphatic carbocycles. The van der Waals surface area contributed by atoms with Gasteiger partial charge < -0.3 is 9.84 Å². The van der Waals surface area contributed by atoms with Crippen LogP contribution < -0.4 is 4.74 Å². The number of thiazole rings is 1. The van der Waals surface area contributed by atoms with Crippen molar-refractivity contribution in [2.75, 3.05) is 26.7 Å². The number of benzene rings is 1. The molecule has 0 amide bonds. The van der Waals surface area contributed by atoms with Crippen LogP contribution in [-0.2, 0) is 4.79 Å². The van der Waals surface area contributed by atoms with Crippen molar-refractivity contribution in [2.24, 2.45) is 11.8 Å². The first-order valence-corrected chi connectivity index (χ1v) is 11.9. The van der Waals surface area contributed by atoms with E-state index in [9.17, 15) is 9.90 Å². The number of aliphatic carboxylic acids is 1. The van der Waals surface area contributed by atoms with Gasteiger partial charge in [0, 0.05) is 23.5 Å². The van der Waals surface area contributed by atoms with Crippen molar-refractivity contribution in [3.8, 4) is 17.6 Å². The molecule has 33 heavy (non-hydrogen) atoms. The van der Waals surface area contributed by atoms with E-state index in [-0.39, 0.29) is 12.3 Å². The van der Waals surface area contributed by atoms with Crippen LogP contribution in [0.2, 0.25) is 0 Å². The quantitative estimate of drug-likeness (QED) is 0.513. The Morgan fingerprint density at radius 3 is 3.03 bits per heavy atom. The lowest BCUT2D eigenvalue weighted by molar-refractivity contribution is -0.146. The van der Waals surface area contributed by atoms with Gasteiger partial charge in [-0.1, -0.05) is 5.92 Å². The van der Waals surface area contributed by atoms with Crippen LogP contribution in [0.5, 0.6) is 5.75 Å². The summed E-state index contributed by atoms with van der Waals surface area (Å²) in [6, 6.07) is 7.12. The van der Waals surface area contributed by atoms with Crippen molar-refractivity contribution in [1.29, 1.82) is 0 Å². The van der Waals surface area contributed by atoms with Crippen LogP contribution in [0.3, 0.4) is 0 Å². The minimum Gasteiger partial charge on any atom is -0.497 e. The molecule has 3 atom stereocenters. The van der Waals surface area contributed by atoms with Gasteiger partial charge in [0.1, 0.15) is 17.6 Å². The lowest BCUT2D eigenvalue weighted by atomic mass is 9.81.